The molecule has 0 aromatic rings. The Morgan fingerprint density at radius 3 is 2.50 bits per heavy atom. The van der Waals surface area contributed by atoms with Gasteiger partial charge in [0.25, 0.3) is 6.43 Å². The highest BCUT2D eigenvalue weighted by Crippen LogP contribution is 2.14. The molecule has 1 N–H and O–H groups in total. The van der Waals surface area contributed by atoms with Gasteiger partial charge in [0.2, 0.25) is 0 Å². The molecule has 0 spiro atoms. The maximum Gasteiger partial charge on any atom is 0.255 e. The van der Waals surface area contributed by atoms with Crippen LogP contribution in [0.4, 0.5) is 8.78 Å². The lowest BCUT2D eigenvalue weighted by Crippen LogP contribution is -2.56. The van der Waals surface area contributed by atoms with E-state index in [1.165, 1.54) is 0 Å². The average molecular weight is 178 g/mol. The van der Waals surface area contributed by atoms with Gasteiger partial charge in [0.15, 0.2) is 0 Å². The zero-order chi connectivity index (χ0) is 9.14. The number of alkyl halides is 2. The molecule has 0 aromatic heterocycles. The third-order valence-electron chi connectivity index (χ3n) is 2.28. The lowest BCUT2D eigenvalue weighted by Gasteiger charge is -2.38. The van der Waals surface area contributed by atoms with Crippen LogP contribution in [0.3, 0.4) is 0 Å². The maximum atomic E-state index is 12.4. The predicted molar refractivity (Wildman–Crippen MR) is 44.5 cm³/mol. The first-order valence-electron chi connectivity index (χ1n) is 4.37. The largest absolute Gasteiger partial charge is 0.314 e. The van der Waals surface area contributed by atoms with Crippen molar-refractivity contribution in [2.24, 2.45) is 0 Å². The van der Waals surface area contributed by atoms with Gasteiger partial charge in [-0.25, -0.2) is 8.78 Å². The van der Waals surface area contributed by atoms with E-state index in [2.05, 4.69) is 5.32 Å². The van der Waals surface area contributed by atoms with Crippen molar-refractivity contribution in [2.75, 3.05) is 19.6 Å². The minimum atomic E-state index is -2.24. The number of halogens is 2. The molecule has 2 nitrogen and oxygen atoms in total. The normalized spacial score (nSPS) is 27.0. The fourth-order valence-electron chi connectivity index (χ4n) is 1.62. The van der Waals surface area contributed by atoms with E-state index in [4.69, 9.17) is 0 Å². The van der Waals surface area contributed by atoms with Crippen molar-refractivity contribution in [3.05, 3.63) is 0 Å². The molecule has 0 aromatic carbocycles. The molecule has 1 rings (SSSR count). The fourth-order valence-corrected chi connectivity index (χ4v) is 1.62. The first-order chi connectivity index (χ1) is 5.63. The van der Waals surface area contributed by atoms with E-state index in [0.717, 1.165) is 13.1 Å². The number of nitrogens with one attached hydrogen (secondary N) is 1. The van der Waals surface area contributed by atoms with Crippen LogP contribution < -0.4 is 5.32 Å². The lowest BCUT2D eigenvalue weighted by molar-refractivity contribution is -0.00277. The van der Waals surface area contributed by atoms with Crippen molar-refractivity contribution in [3.63, 3.8) is 0 Å². The average Bonchev–Trinajstić information content (AvgIpc) is 2.04. The van der Waals surface area contributed by atoms with Crippen LogP contribution in [0.5, 0.6) is 0 Å². The maximum absolute atomic E-state index is 12.4. The Kier molecular flexibility index (Phi) is 3.40. The molecular weight excluding hydrogens is 162 g/mol. The fraction of sp³-hybridized carbons (Fsp3) is 1.00. The van der Waals surface area contributed by atoms with Gasteiger partial charge in [-0.05, 0) is 13.8 Å². The molecule has 1 saturated heterocycles. The Morgan fingerprint density at radius 1 is 1.42 bits per heavy atom. The van der Waals surface area contributed by atoms with Crippen LogP contribution in [-0.4, -0.2) is 43.0 Å². The molecule has 1 unspecified atom stereocenters. The Morgan fingerprint density at radius 2 is 2.08 bits per heavy atom. The highest BCUT2D eigenvalue weighted by molar-refractivity contribution is 4.83. The third kappa shape index (κ3) is 2.14. The number of nitrogens with zero attached hydrogens (tertiary/aromatic N) is 1. The summed E-state index contributed by atoms with van der Waals surface area (Å²) in [6.07, 6.45) is -2.24. The lowest BCUT2D eigenvalue weighted by atomic mass is 10.1. The van der Waals surface area contributed by atoms with Gasteiger partial charge in [-0.15, -0.1) is 0 Å². The van der Waals surface area contributed by atoms with E-state index in [1.54, 1.807) is 0 Å². The summed E-state index contributed by atoms with van der Waals surface area (Å²) in [6, 6.07) is -0.384. The van der Waals surface area contributed by atoms with Crippen molar-refractivity contribution < 1.29 is 8.78 Å². The van der Waals surface area contributed by atoms with Crippen LogP contribution >= 0.6 is 0 Å². The van der Waals surface area contributed by atoms with Gasteiger partial charge in [0, 0.05) is 25.7 Å². The molecule has 12 heavy (non-hydrogen) atoms. The number of hydrogen-bond donors (Lipinski definition) is 1. The summed E-state index contributed by atoms with van der Waals surface area (Å²) in [5.74, 6) is 0. The van der Waals surface area contributed by atoms with Gasteiger partial charge in [-0.3, -0.25) is 4.90 Å². The molecule has 1 fully saturated rings. The number of rotatable bonds is 2. The van der Waals surface area contributed by atoms with Crippen molar-refractivity contribution in [1.82, 2.24) is 10.2 Å². The molecule has 1 aliphatic rings. The van der Waals surface area contributed by atoms with Gasteiger partial charge >= 0.3 is 0 Å². The first kappa shape index (κ1) is 9.86. The molecule has 4 heteroatoms. The minimum Gasteiger partial charge on any atom is -0.314 e. The topological polar surface area (TPSA) is 15.3 Å². The monoisotopic (exact) mass is 178 g/mol. The zero-order valence-electron chi connectivity index (χ0n) is 7.56. The zero-order valence-corrected chi connectivity index (χ0v) is 7.56. The molecule has 72 valence electrons. The van der Waals surface area contributed by atoms with Crippen molar-refractivity contribution in [1.29, 1.82) is 0 Å². The summed E-state index contributed by atoms with van der Waals surface area (Å²) in [5, 5.41) is 2.98. The summed E-state index contributed by atoms with van der Waals surface area (Å²) in [6.45, 7) is 5.88. The summed E-state index contributed by atoms with van der Waals surface area (Å²) in [4.78, 5) is 1.86. The van der Waals surface area contributed by atoms with Crippen LogP contribution in [0.2, 0.25) is 0 Å². The van der Waals surface area contributed by atoms with Crippen molar-refractivity contribution >= 4 is 0 Å². The van der Waals surface area contributed by atoms with Crippen LogP contribution in [0, 0.1) is 0 Å². The summed E-state index contributed by atoms with van der Waals surface area (Å²) >= 11 is 0. The minimum absolute atomic E-state index is 0.214. The predicted octanol–water partition coefficient (Wildman–Crippen LogP) is 0.934. The van der Waals surface area contributed by atoms with Gasteiger partial charge < -0.3 is 5.32 Å². The van der Waals surface area contributed by atoms with E-state index < -0.39 is 12.5 Å². The van der Waals surface area contributed by atoms with E-state index in [-0.39, 0.29) is 6.04 Å². The number of piperazine rings is 1. The summed E-state index contributed by atoms with van der Waals surface area (Å²) in [7, 11) is 0. The van der Waals surface area contributed by atoms with Gasteiger partial charge in [0.05, 0.1) is 6.04 Å². The summed E-state index contributed by atoms with van der Waals surface area (Å²) < 4.78 is 24.9. The smallest absolute Gasteiger partial charge is 0.255 e. The highest BCUT2D eigenvalue weighted by Gasteiger charge is 2.30. The van der Waals surface area contributed by atoms with E-state index in [1.807, 2.05) is 18.7 Å². The Bertz CT molecular complexity index is 123. The van der Waals surface area contributed by atoms with Gasteiger partial charge in [0.1, 0.15) is 0 Å². The molecule has 0 radical (unpaired) electrons. The van der Waals surface area contributed by atoms with E-state index in [0.29, 0.717) is 6.54 Å². The van der Waals surface area contributed by atoms with Crippen molar-refractivity contribution in [2.45, 2.75) is 32.4 Å². The van der Waals surface area contributed by atoms with Crippen LogP contribution in [-0.2, 0) is 0 Å². The Balaban J connectivity index is 2.54. The number of hydrogen-bond acceptors (Lipinski definition) is 2. The Hall–Kier alpha value is -0.220. The van der Waals surface area contributed by atoms with Gasteiger partial charge in [-0.1, -0.05) is 0 Å². The summed E-state index contributed by atoms with van der Waals surface area (Å²) in [5.41, 5.74) is 0. The van der Waals surface area contributed by atoms with Gasteiger partial charge in [-0.2, -0.15) is 0 Å². The molecule has 0 bridgehead atoms. The third-order valence-corrected chi connectivity index (χ3v) is 2.28. The second-order valence-electron chi connectivity index (χ2n) is 3.44. The van der Waals surface area contributed by atoms with Crippen LogP contribution in [0.15, 0.2) is 0 Å². The standard InChI is InChI=1S/C8H16F2N2/c1-6(2)12-4-3-11-5-7(12)8(9)10/h6-8,11H,3-5H2,1-2H3. The SMILES string of the molecule is CC(C)N1CCNCC1C(F)F. The molecule has 1 heterocycles. The first-order valence-corrected chi connectivity index (χ1v) is 4.37. The van der Waals surface area contributed by atoms with E-state index in [9.17, 15) is 8.78 Å². The van der Waals surface area contributed by atoms with E-state index >= 15 is 0 Å². The Labute approximate surface area is 71.9 Å². The molecule has 1 aliphatic heterocycles. The second kappa shape index (κ2) is 4.14. The quantitative estimate of drug-likeness (QED) is 0.676. The van der Waals surface area contributed by atoms with Crippen molar-refractivity contribution in [3.8, 4) is 0 Å². The second-order valence-corrected chi connectivity index (χ2v) is 3.44. The molecule has 0 saturated carbocycles. The highest BCUT2D eigenvalue weighted by atomic mass is 19.3. The molecule has 0 aliphatic carbocycles. The molecule has 0 amide bonds. The molecular formula is C8H16F2N2. The van der Waals surface area contributed by atoms with Crippen LogP contribution in [0.1, 0.15) is 13.8 Å². The van der Waals surface area contributed by atoms with Crippen LogP contribution in [0.25, 0.3) is 0 Å². The molecule has 1 atom stereocenters.